The Labute approximate surface area is 292 Å². The van der Waals surface area contributed by atoms with Crippen LogP contribution in [0.4, 0.5) is 17.1 Å². The van der Waals surface area contributed by atoms with E-state index in [2.05, 4.69) is 76.1 Å². The first-order chi connectivity index (χ1) is 24.2. The summed E-state index contributed by atoms with van der Waals surface area (Å²) in [5, 5.41) is 19.8. The van der Waals surface area contributed by atoms with Crippen molar-refractivity contribution >= 4 is 34.8 Å². The zero-order valence-corrected chi connectivity index (χ0v) is 28.8. The number of benzene rings is 3. The molecule has 3 aliphatic rings. The number of imide groups is 1. The first kappa shape index (κ1) is 33.1. The van der Waals surface area contributed by atoms with Gasteiger partial charge >= 0.3 is 0 Å². The van der Waals surface area contributed by atoms with E-state index in [9.17, 15) is 19.6 Å². The van der Waals surface area contributed by atoms with Gasteiger partial charge in [-0.1, -0.05) is 29.4 Å². The Hall–Kier alpha value is -5.43. The van der Waals surface area contributed by atoms with Gasteiger partial charge < -0.3 is 19.6 Å². The number of aryl methyl sites for hydroxylation is 3. The fourth-order valence-corrected chi connectivity index (χ4v) is 7.38. The minimum absolute atomic E-state index is 0.162. The maximum absolute atomic E-state index is 13.0. The first-order valence-electron chi connectivity index (χ1n) is 17.5. The normalized spacial score (nSPS) is 17.7. The lowest BCUT2D eigenvalue weighted by Crippen LogP contribution is -2.52. The van der Waals surface area contributed by atoms with Crippen molar-refractivity contribution in [3.05, 3.63) is 94.4 Å². The molecule has 1 saturated heterocycles. The second-order valence-corrected chi connectivity index (χ2v) is 13.9. The Morgan fingerprint density at radius 3 is 2.52 bits per heavy atom. The number of piperidine rings is 1. The number of unbranched alkanes of at least 4 members (excludes halogenated alkanes) is 2. The van der Waals surface area contributed by atoms with E-state index < -0.39 is 11.9 Å². The molecule has 1 saturated carbocycles. The lowest BCUT2D eigenvalue weighted by atomic mass is 9.97. The number of anilines is 3. The number of carbonyl (C=O) groups excluding carboxylic acids is 3. The molecule has 2 fully saturated rings. The standard InChI is InChI=1S/C40H42N6O4/c1-25-7-8-28(37-26(2)44-50-27(37)3)22-35(25)45(32-12-9-30(10-13-32)40(24-41)17-18-40)20-6-4-5-19-42-31-11-14-33-29(21-31)23-46(39(33)49)34-15-16-36(47)43-38(34)48/h7-14,21-22,34,42H,4-6,15-20,23H2,1-3H3,(H,43,47,48). The van der Waals surface area contributed by atoms with Crippen LogP contribution in [-0.4, -0.2) is 46.9 Å². The second-order valence-electron chi connectivity index (χ2n) is 13.9. The van der Waals surface area contributed by atoms with Crippen molar-refractivity contribution in [1.82, 2.24) is 15.4 Å². The number of aromatic nitrogens is 1. The molecule has 50 heavy (non-hydrogen) atoms. The highest BCUT2D eigenvalue weighted by atomic mass is 16.5. The Balaban J connectivity index is 0.999. The molecule has 256 valence electrons. The van der Waals surface area contributed by atoms with Gasteiger partial charge in [-0.3, -0.25) is 19.7 Å². The molecule has 1 aromatic heterocycles. The van der Waals surface area contributed by atoms with Crippen LogP contribution in [-0.2, 0) is 21.5 Å². The smallest absolute Gasteiger partial charge is 0.255 e. The van der Waals surface area contributed by atoms with Gasteiger partial charge in [-0.15, -0.1) is 0 Å². The van der Waals surface area contributed by atoms with Crippen LogP contribution in [0.25, 0.3) is 11.1 Å². The van der Waals surface area contributed by atoms with Crippen molar-refractivity contribution in [3.63, 3.8) is 0 Å². The summed E-state index contributed by atoms with van der Waals surface area (Å²) < 4.78 is 5.49. The fraction of sp³-hybridized carbons (Fsp3) is 0.375. The van der Waals surface area contributed by atoms with Crippen LogP contribution >= 0.6 is 0 Å². The molecule has 0 radical (unpaired) electrons. The van der Waals surface area contributed by atoms with Crippen molar-refractivity contribution in [1.29, 1.82) is 5.26 Å². The van der Waals surface area contributed by atoms with Crippen LogP contribution < -0.4 is 15.5 Å². The molecule has 10 heteroatoms. The number of nitrogens with zero attached hydrogens (tertiary/aromatic N) is 4. The topological polar surface area (TPSA) is 132 Å². The number of amides is 3. The third-order valence-corrected chi connectivity index (χ3v) is 10.4. The van der Waals surface area contributed by atoms with Crippen LogP contribution in [0.15, 0.2) is 65.2 Å². The van der Waals surface area contributed by atoms with Crippen molar-refractivity contribution in [3.8, 4) is 17.2 Å². The van der Waals surface area contributed by atoms with Gasteiger partial charge in [-0.2, -0.15) is 5.26 Å². The van der Waals surface area contributed by atoms with E-state index in [1.54, 1.807) is 4.90 Å². The third-order valence-electron chi connectivity index (χ3n) is 10.4. The number of nitrogens with one attached hydrogen (secondary N) is 2. The van der Waals surface area contributed by atoms with Gasteiger partial charge in [-0.25, -0.2) is 0 Å². The van der Waals surface area contributed by atoms with Gasteiger partial charge in [0.1, 0.15) is 11.8 Å². The van der Waals surface area contributed by atoms with E-state index in [0.717, 1.165) is 96.0 Å². The van der Waals surface area contributed by atoms with E-state index in [-0.39, 0.29) is 23.7 Å². The summed E-state index contributed by atoms with van der Waals surface area (Å²) in [6.45, 7) is 8.03. The Bertz CT molecular complexity index is 1990. The molecule has 3 aromatic carbocycles. The largest absolute Gasteiger partial charge is 0.385 e. The molecule has 7 rings (SSSR count). The molecule has 3 heterocycles. The molecule has 0 bridgehead atoms. The second kappa shape index (κ2) is 13.5. The van der Waals surface area contributed by atoms with Crippen LogP contribution in [0.2, 0.25) is 0 Å². The number of carbonyl (C=O) groups is 3. The Kier molecular flexibility index (Phi) is 8.91. The maximum Gasteiger partial charge on any atom is 0.255 e. The van der Waals surface area contributed by atoms with Crippen molar-refractivity contribution in [2.24, 2.45) is 0 Å². The van der Waals surface area contributed by atoms with Crippen LogP contribution in [0.3, 0.4) is 0 Å². The van der Waals surface area contributed by atoms with Gasteiger partial charge in [0.15, 0.2) is 0 Å². The summed E-state index contributed by atoms with van der Waals surface area (Å²) in [5.74, 6) is -0.0482. The fourth-order valence-electron chi connectivity index (χ4n) is 7.38. The molecule has 4 aromatic rings. The van der Waals surface area contributed by atoms with E-state index in [1.807, 2.05) is 32.0 Å². The van der Waals surface area contributed by atoms with Crippen LogP contribution in [0.1, 0.15) is 83.4 Å². The number of hydrogen-bond donors (Lipinski definition) is 2. The van der Waals surface area contributed by atoms with Gasteiger partial charge in [0, 0.05) is 54.2 Å². The molecule has 1 atom stereocenters. The molecular formula is C40H42N6O4. The monoisotopic (exact) mass is 670 g/mol. The highest BCUT2D eigenvalue weighted by Gasteiger charge is 2.44. The highest BCUT2D eigenvalue weighted by molar-refractivity contribution is 6.05. The van der Waals surface area contributed by atoms with Gasteiger partial charge in [-0.05, 0) is 118 Å². The van der Waals surface area contributed by atoms with Crippen molar-refractivity contribution in [2.45, 2.75) is 83.7 Å². The molecule has 10 nitrogen and oxygen atoms in total. The third kappa shape index (κ3) is 6.36. The summed E-state index contributed by atoms with van der Waals surface area (Å²) in [7, 11) is 0. The molecular weight excluding hydrogens is 628 g/mol. The van der Waals surface area contributed by atoms with E-state index in [4.69, 9.17) is 4.52 Å². The average Bonchev–Trinajstić information content (AvgIpc) is 3.76. The highest BCUT2D eigenvalue weighted by Crippen LogP contribution is 2.48. The minimum atomic E-state index is -0.615. The quantitative estimate of drug-likeness (QED) is 0.122. The van der Waals surface area contributed by atoms with E-state index in [0.29, 0.717) is 18.5 Å². The lowest BCUT2D eigenvalue weighted by Gasteiger charge is -2.29. The first-order valence-corrected chi connectivity index (χ1v) is 17.5. The van der Waals surface area contributed by atoms with Crippen LogP contribution in [0, 0.1) is 32.1 Å². The molecule has 2 N–H and O–H groups in total. The van der Waals surface area contributed by atoms with Gasteiger partial charge in [0.05, 0.1) is 17.2 Å². The summed E-state index contributed by atoms with van der Waals surface area (Å²) in [4.78, 5) is 41.0. The molecule has 1 aliphatic carbocycles. The summed E-state index contributed by atoms with van der Waals surface area (Å²) in [6.07, 6.45) is 5.38. The SMILES string of the molecule is Cc1ccc(-c2c(C)noc2C)cc1N(CCCCCNc1ccc2c(c1)CN(C1CCC(=O)NC1=O)C2=O)c1ccc(C2(C#N)CC2)cc1. The number of fused-ring (bicyclic) bond motifs is 1. The minimum Gasteiger partial charge on any atom is -0.385 e. The van der Waals surface area contributed by atoms with Gasteiger partial charge in [0.25, 0.3) is 5.91 Å². The molecule has 2 aliphatic heterocycles. The molecule has 1 unspecified atom stereocenters. The Morgan fingerprint density at radius 1 is 1.02 bits per heavy atom. The predicted octanol–water partition coefficient (Wildman–Crippen LogP) is 7.00. The maximum atomic E-state index is 13.0. The molecule has 3 amide bonds. The van der Waals surface area contributed by atoms with Crippen LogP contribution in [0.5, 0.6) is 0 Å². The summed E-state index contributed by atoms with van der Waals surface area (Å²) in [5.41, 5.74) is 9.59. The number of nitriles is 1. The predicted molar refractivity (Wildman–Crippen MR) is 191 cm³/mol. The van der Waals surface area contributed by atoms with E-state index >= 15 is 0 Å². The summed E-state index contributed by atoms with van der Waals surface area (Å²) in [6, 6.07) is 22.7. The average molecular weight is 671 g/mol. The number of rotatable bonds is 12. The van der Waals surface area contributed by atoms with Crippen molar-refractivity contribution in [2.75, 3.05) is 23.3 Å². The Morgan fingerprint density at radius 2 is 1.82 bits per heavy atom. The lowest BCUT2D eigenvalue weighted by molar-refractivity contribution is -0.136. The zero-order chi connectivity index (χ0) is 35.0. The van der Waals surface area contributed by atoms with Crippen molar-refractivity contribution < 1.29 is 18.9 Å². The molecule has 0 spiro atoms. The van der Waals surface area contributed by atoms with Gasteiger partial charge in [0.2, 0.25) is 11.8 Å². The summed E-state index contributed by atoms with van der Waals surface area (Å²) >= 11 is 0. The number of hydrogen-bond acceptors (Lipinski definition) is 8. The van der Waals surface area contributed by atoms with E-state index in [1.165, 1.54) is 5.56 Å². The zero-order valence-electron chi connectivity index (χ0n) is 28.8.